The molecule has 20 heavy (non-hydrogen) atoms. The standard InChI is InChI=1S/C13H19N3O3S/c14-13(17)16(11-4-2-1-3-5-11)12-6-8-15(9-7-12)10-20(18)19/h1-5,12,20H,6-10H2,(H2,14,17). The van der Waals surface area contributed by atoms with Crippen LogP contribution in [-0.2, 0) is 10.7 Å². The van der Waals surface area contributed by atoms with E-state index in [1.165, 1.54) is 0 Å². The highest BCUT2D eigenvalue weighted by Crippen LogP contribution is 2.23. The van der Waals surface area contributed by atoms with Crippen LogP contribution in [-0.4, -0.2) is 44.4 Å². The average Bonchev–Trinajstić information content (AvgIpc) is 2.41. The fraction of sp³-hybridized carbons (Fsp3) is 0.462. The number of thiol groups is 1. The Kier molecular flexibility index (Phi) is 4.97. The van der Waals surface area contributed by atoms with E-state index in [2.05, 4.69) is 0 Å². The van der Waals surface area contributed by atoms with Gasteiger partial charge in [-0.15, -0.1) is 0 Å². The maximum atomic E-state index is 11.7. The molecular formula is C13H19N3O3S. The number of hydrogen-bond acceptors (Lipinski definition) is 4. The molecule has 0 aromatic heterocycles. The first-order chi connectivity index (χ1) is 9.58. The van der Waals surface area contributed by atoms with Crippen molar-refractivity contribution >= 4 is 22.4 Å². The van der Waals surface area contributed by atoms with Crippen LogP contribution in [0.15, 0.2) is 30.3 Å². The van der Waals surface area contributed by atoms with Gasteiger partial charge in [0.15, 0.2) is 10.7 Å². The molecule has 1 aliphatic rings. The molecule has 0 atom stereocenters. The van der Waals surface area contributed by atoms with Gasteiger partial charge in [-0.05, 0) is 25.0 Å². The van der Waals surface area contributed by atoms with Gasteiger partial charge >= 0.3 is 6.03 Å². The molecule has 0 radical (unpaired) electrons. The van der Waals surface area contributed by atoms with E-state index in [1.54, 1.807) is 4.90 Å². The minimum atomic E-state index is -2.39. The van der Waals surface area contributed by atoms with Crippen LogP contribution in [0.1, 0.15) is 12.8 Å². The molecule has 2 N–H and O–H groups in total. The molecule has 0 unspecified atom stereocenters. The van der Waals surface area contributed by atoms with Crippen molar-refractivity contribution in [2.75, 3.05) is 23.9 Å². The highest BCUT2D eigenvalue weighted by atomic mass is 32.2. The number of hydrogen-bond donors (Lipinski definition) is 2. The zero-order valence-corrected chi connectivity index (χ0v) is 12.0. The van der Waals surface area contributed by atoms with Gasteiger partial charge in [-0.3, -0.25) is 9.80 Å². The van der Waals surface area contributed by atoms with Gasteiger partial charge in [0.1, 0.15) is 0 Å². The average molecular weight is 297 g/mol. The quantitative estimate of drug-likeness (QED) is 0.797. The summed E-state index contributed by atoms with van der Waals surface area (Å²) in [6, 6.07) is 8.87. The largest absolute Gasteiger partial charge is 0.351 e. The summed E-state index contributed by atoms with van der Waals surface area (Å²) in [5.41, 5.74) is 6.28. The summed E-state index contributed by atoms with van der Waals surface area (Å²) < 4.78 is 21.4. The number of anilines is 1. The lowest BCUT2D eigenvalue weighted by Gasteiger charge is -2.37. The molecule has 2 amide bonds. The monoisotopic (exact) mass is 297 g/mol. The summed E-state index contributed by atoms with van der Waals surface area (Å²) in [7, 11) is -2.39. The van der Waals surface area contributed by atoms with Gasteiger partial charge in [-0.25, -0.2) is 13.2 Å². The van der Waals surface area contributed by atoms with E-state index in [4.69, 9.17) is 5.73 Å². The van der Waals surface area contributed by atoms with E-state index in [0.29, 0.717) is 13.1 Å². The van der Waals surface area contributed by atoms with Crippen molar-refractivity contribution < 1.29 is 13.2 Å². The van der Waals surface area contributed by atoms with Gasteiger partial charge in [0.05, 0.1) is 5.88 Å². The van der Waals surface area contributed by atoms with Crippen LogP contribution in [0.3, 0.4) is 0 Å². The molecule has 1 saturated heterocycles. The lowest BCUT2D eigenvalue weighted by molar-refractivity contribution is 0.226. The first-order valence-electron chi connectivity index (χ1n) is 6.56. The van der Waals surface area contributed by atoms with Crippen molar-refractivity contribution in [1.29, 1.82) is 0 Å². The number of carbonyl (C=O) groups excluding carboxylic acids is 1. The third-order valence-corrected chi connectivity index (χ3v) is 4.14. The number of piperidine rings is 1. The Bertz CT molecular complexity index is 517. The van der Waals surface area contributed by atoms with Crippen LogP contribution in [0.4, 0.5) is 10.5 Å². The number of nitrogens with two attached hydrogens (primary N) is 1. The fourth-order valence-corrected chi connectivity index (χ4v) is 3.20. The maximum absolute atomic E-state index is 11.7. The number of likely N-dealkylation sites (tertiary alicyclic amines) is 1. The van der Waals surface area contributed by atoms with E-state index in [1.807, 2.05) is 35.2 Å². The first-order valence-corrected chi connectivity index (χ1v) is 7.92. The number of benzene rings is 1. The maximum Gasteiger partial charge on any atom is 0.319 e. The van der Waals surface area contributed by atoms with Crippen molar-refractivity contribution in [1.82, 2.24) is 4.90 Å². The molecule has 2 rings (SSSR count). The van der Waals surface area contributed by atoms with Gasteiger partial charge in [0.2, 0.25) is 0 Å². The Hall–Kier alpha value is -1.60. The summed E-state index contributed by atoms with van der Waals surface area (Å²) >= 11 is 0. The second-order valence-electron chi connectivity index (χ2n) is 4.87. The van der Waals surface area contributed by atoms with Crippen LogP contribution >= 0.6 is 0 Å². The molecule has 1 heterocycles. The van der Waals surface area contributed by atoms with Crippen molar-refractivity contribution in [2.45, 2.75) is 18.9 Å². The molecule has 0 bridgehead atoms. The third-order valence-electron chi connectivity index (χ3n) is 3.51. The lowest BCUT2D eigenvalue weighted by atomic mass is 10.0. The highest BCUT2D eigenvalue weighted by Gasteiger charge is 2.27. The second kappa shape index (κ2) is 6.71. The molecule has 1 fully saturated rings. The highest BCUT2D eigenvalue weighted by molar-refractivity contribution is 7.72. The summed E-state index contributed by atoms with van der Waals surface area (Å²) in [5, 5.41) is 0. The number of urea groups is 1. The van der Waals surface area contributed by atoms with Gasteiger partial charge in [-0.2, -0.15) is 0 Å². The van der Waals surface area contributed by atoms with Gasteiger partial charge < -0.3 is 5.73 Å². The van der Waals surface area contributed by atoms with Gasteiger partial charge in [-0.1, -0.05) is 18.2 Å². The van der Waals surface area contributed by atoms with Gasteiger partial charge in [0.25, 0.3) is 0 Å². The van der Waals surface area contributed by atoms with E-state index < -0.39 is 16.7 Å². The van der Waals surface area contributed by atoms with E-state index in [-0.39, 0.29) is 11.9 Å². The van der Waals surface area contributed by atoms with Crippen LogP contribution in [0, 0.1) is 0 Å². The van der Waals surface area contributed by atoms with Crippen LogP contribution in [0.2, 0.25) is 0 Å². The second-order valence-corrected chi connectivity index (χ2v) is 5.82. The SMILES string of the molecule is NC(=O)N(c1ccccc1)C1CCN(C[SH](=O)=O)CC1. The molecular weight excluding hydrogens is 278 g/mol. The topological polar surface area (TPSA) is 83.7 Å². The number of para-hydroxylation sites is 1. The molecule has 6 nitrogen and oxygen atoms in total. The van der Waals surface area contributed by atoms with Crippen LogP contribution in [0.5, 0.6) is 0 Å². The number of amides is 2. The zero-order chi connectivity index (χ0) is 14.5. The molecule has 0 spiro atoms. The minimum Gasteiger partial charge on any atom is -0.351 e. The van der Waals surface area contributed by atoms with Gasteiger partial charge in [0, 0.05) is 24.8 Å². The van der Waals surface area contributed by atoms with E-state index in [0.717, 1.165) is 18.5 Å². The minimum absolute atomic E-state index is 0.0238. The van der Waals surface area contributed by atoms with Crippen molar-refractivity contribution in [3.63, 3.8) is 0 Å². The molecule has 1 aromatic carbocycles. The summed E-state index contributed by atoms with van der Waals surface area (Å²) in [6.07, 6.45) is 1.45. The molecule has 1 aromatic rings. The Balaban J connectivity index is 2.04. The Morgan fingerprint density at radius 3 is 2.35 bits per heavy atom. The predicted molar refractivity (Wildman–Crippen MR) is 78.3 cm³/mol. The van der Waals surface area contributed by atoms with Crippen molar-refractivity contribution in [3.05, 3.63) is 30.3 Å². The number of carbonyl (C=O) groups is 1. The molecule has 110 valence electrons. The molecule has 0 saturated carbocycles. The molecule has 0 aliphatic carbocycles. The normalized spacial score (nSPS) is 17.2. The lowest BCUT2D eigenvalue weighted by Crippen LogP contribution is -2.49. The van der Waals surface area contributed by atoms with Crippen molar-refractivity contribution in [3.8, 4) is 0 Å². The van der Waals surface area contributed by atoms with E-state index >= 15 is 0 Å². The first kappa shape index (κ1) is 14.8. The Morgan fingerprint density at radius 2 is 1.85 bits per heavy atom. The predicted octanol–water partition coefficient (Wildman–Crippen LogP) is 0.605. The molecule has 1 aliphatic heterocycles. The smallest absolute Gasteiger partial charge is 0.319 e. The zero-order valence-electron chi connectivity index (χ0n) is 11.1. The Labute approximate surface area is 120 Å². The summed E-state index contributed by atoms with van der Waals surface area (Å²) in [5.74, 6) is 0.0873. The van der Waals surface area contributed by atoms with E-state index in [9.17, 15) is 13.2 Å². The number of primary amides is 1. The fourth-order valence-electron chi connectivity index (χ4n) is 2.59. The van der Waals surface area contributed by atoms with Crippen LogP contribution in [0.25, 0.3) is 0 Å². The van der Waals surface area contributed by atoms with Crippen molar-refractivity contribution in [2.24, 2.45) is 5.73 Å². The number of rotatable bonds is 4. The van der Waals surface area contributed by atoms with Crippen LogP contribution < -0.4 is 10.6 Å². The summed E-state index contributed by atoms with van der Waals surface area (Å²) in [4.78, 5) is 15.2. The number of nitrogens with zero attached hydrogens (tertiary/aromatic N) is 2. The third kappa shape index (κ3) is 3.71. The summed E-state index contributed by atoms with van der Waals surface area (Å²) in [6.45, 7) is 1.31. The Morgan fingerprint density at radius 1 is 1.25 bits per heavy atom. The molecule has 7 heteroatoms.